The van der Waals surface area contributed by atoms with Crippen LogP contribution in [0.2, 0.25) is 0 Å². The Morgan fingerprint density at radius 3 is 2.08 bits per heavy atom. The summed E-state index contributed by atoms with van der Waals surface area (Å²) in [5.74, 6) is -2.14. The molecule has 1 spiro atoms. The molecule has 2 aliphatic rings. The Bertz CT molecular complexity index is 205. The van der Waals surface area contributed by atoms with Crippen LogP contribution in [0.3, 0.4) is 0 Å². The predicted molar refractivity (Wildman–Crippen MR) is 45.6 cm³/mol. The van der Waals surface area contributed by atoms with E-state index in [9.17, 15) is 13.9 Å². The fourth-order valence-corrected chi connectivity index (χ4v) is 2.60. The molecule has 2 rings (SSSR count). The SMILES string of the molecule is CC(O)C1CCC2(CC1)CC2(F)F. The van der Waals surface area contributed by atoms with Gasteiger partial charge in [0.2, 0.25) is 0 Å². The van der Waals surface area contributed by atoms with Crippen molar-refractivity contribution in [1.29, 1.82) is 0 Å². The van der Waals surface area contributed by atoms with E-state index < -0.39 is 11.3 Å². The van der Waals surface area contributed by atoms with Gasteiger partial charge in [-0.2, -0.15) is 0 Å². The third-order valence-electron chi connectivity index (χ3n) is 3.88. The smallest absolute Gasteiger partial charge is 0.254 e. The maximum atomic E-state index is 12.9. The number of alkyl halides is 2. The number of aliphatic hydroxyl groups excluding tert-OH is 1. The second-order valence-corrected chi connectivity index (χ2v) is 4.74. The number of aliphatic hydroxyl groups is 1. The highest BCUT2D eigenvalue weighted by Gasteiger charge is 2.70. The maximum Gasteiger partial charge on any atom is 0.254 e. The lowest BCUT2D eigenvalue weighted by Gasteiger charge is -2.30. The van der Waals surface area contributed by atoms with Gasteiger partial charge >= 0.3 is 0 Å². The van der Waals surface area contributed by atoms with E-state index in [1.54, 1.807) is 6.92 Å². The molecule has 2 fully saturated rings. The minimum absolute atomic E-state index is 0.0898. The first kappa shape index (κ1) is 9.38. The van der Waals surface area contributed by atoms with E-state index in [-0.39, 0.29) is 18.4 Å². The molecule has 2 aliphatic carbocycles. The molecule has 0 heterocycles. The molecule has 0 amide bonds. The highest BCUT2D eigenvalue weighted by atomic mass is 19.3. The van der Waals surface area contributed by atoms with Crippen molar-refractivity contribution < 1.29 is 13.9 Å². The van der Waals surface area contributed by atoms with Gasteiger partial charge in [0.1, 0.15) is 0 Å². The minimum atomic E-state index is -2.39. The van der Waals surface area contributed by atoms with Gasteiger partial charge in [-0.15, -0.1) is 0 Å². The van der Waals surface area contributed by atoms with Gasteiger partial charge in [-0.1, -0.05) is 0 Å². The molecule has 1 unspecified atom stereocenters. The van der Waals surface area contributed by atoms with Crippen LogP contribution in [-0.4, -0.2) is 17.1 Å². The lowest BCUT2D eigenvalue weighted by Crippen LogP contribution is -2.26. The second-order valence-electron chi connectivity index (χ2n) is 4.74. The topological polar surface area (TPSA) is 20.2 Å². The minimum Gasteiger partial charge on any atom is -0.393 e. The van der Waals surface area contributed by atoms with E-state index in [0.29, 0.717) is 12.8 Å². The molecule has 13 heavy (non-hydrogen) atoms. The van der Waals surface area contributed by atoms with Crippen molar-refractivity contribution in [2.45, 2.75) is 51.1 Å². The van der Waals surface area contributed by atoms with Gasteiger partial charge in [-0.25, -0.2) is 8.78 Å². The van der Waals surface area contributed by atoms with Crippen molar-refractivity contribution in [1.82, 2.24) is 0 Å². The number of hydrogen-bond acceptors (Lipinski definition) is 1. The summed E-state index contributed by atoms with van der Waals surface area (Å²) in [7, 11) is 0. The van der Waals surface area contributed by atoms with Crippen molar-refractivity contribution in [3.05, 3.63) is 0 Å². The Labute approximate surface area is 77.1 Å². The van der Waals surface area contributed by atoms with Crippen molar-refractivity contribution >= 4 is 0 Å². The Morgan fingerprint density at radius 1 is 1.31 bits per heavy atom. The monoisotopic (exact) mass is 190 g/mol. The fourth-order valence-electron chi connectivity index (χ4n) is 2.60. The molecule has 0 bridgehead atoms. The van der Waals surface area contributed by atoms with Crippen LogP contribution in [0.4, 0.5) is 8.78 Å². The van der Waals surface area contributed by atoms with Crippen molar-refractivity contribution in [2.24, 2.45) is 11.3 Å². The molecule has 1 N–H and O–H groups in total. The summed E-state index contributed by atoms with van der Waals surface area (Å²) in [6, 6.07) is 0. The molecule has 0 radical (unpaired) electrons. The normalized spacial score (nSPS) is 44.8. The Hall–Kier alpha value is -0.180. The molecule has 3 heteroatoms. The van der Waals surface area contributed by atoms with E-state index >= 15 is 0 Å². The van der Waals surface area contributed by atoms with Gasteiger partial charge in [0, 0.05) is 11.8 Å². The molecule has 0 saturated heterocycles. The van der Waals surface area contributed by atoms with Crippen LogP contribution in [0.15, 0.2) is 0 Å². The second kappa shape index (κ2) is 2.66. The summed E-state index contributed by atoms with van der Waals surface area (Å²) in [5.41, 5.74) is -0.654. The largest absolute Gasteiger partial charge is 0.393 e. The van der Waals surface area contributed by atoms with Crippen LogP contribution in [0.25, 0.3) is 0 Å². The van der Waals surface area contributed by atoms with Crippen LogP contribution >= 0.6 is 0 Å². The summed E-state index contributed by atoms with van der Waals surface area (Å²) in [6.45, 7) is 1.76. The summed E-state index contributed by atoms with van der Waals surface area (Å²) in [6.07, 6.45) is 2.52. The van der Waals surface area contributed by atoms with Crippen LogP contribution in [0.5, 0.6) is 0 Å². The van der Waals surface area contributed by atoms with Gasteiger partial charge in [-0.05, 0) is 38.5 Å². The molecular weight excluding hydrogens is 174 g/mol. The molecule has 1 nitrogen and oxygen atoms in total. The summed E-state index contributed by atoms with van der Waals surface area (Å²) in [5, 5.41) is 9.31. The molecule has 2 saturated carbocycles. The standard InChI is InChI=1S/C10H16F2O/c1-7(13)8-2-4-9(5-3-8)6-10(9,11)12/h7-8,13H,2-6H2,1H3. The molecule has 0 aromatic carbocycles. The molecule has 76 valence electrons. The van der Waals surface area contributed by atoms with Crippen LogP contribution < -0.4 is 0 Å². The van der Waals surface area contributed by atoms with E-state index in [0.717, 1.165) is 12.8 Å². The van der Waals surface area contributed by atoms with Crippen molar-refractivity contribution in [2.75, 3.05) is 0 Å². The van der Waals surface area contributed by atoms with E-state index in [1.807, 2.05) is 0 Å². The van der Waals surface area contributed by atoms with Gasteiger partial charge in [-0.3, -0.25) is 0 Å². The Kier molecular flexibility index (Phi) is 1.92. The van der Waals surface area contributed by atoms with Gasteiger partial charge < -0.3 is 5.11 Å². The lowest BCUT2D eigenvalue weighted by molar-refractivity contribution is 0.0207. The van der Waals surface area contributed by atoms with Crippen LogP contribution in [0.1, 0.15) is 39.0 Å². The van der Waals surface area contributed by atoms with Crippen molar-refractivity contribution in [3.63, 3.8) is 0 Å². The molecule has 0 aromatic heterocycles. The maximum absolute atomic E-state index is 12.9. The highest BCUT2D eigenvalue weighted by Crippen LogP contribution is 2.68. The van der Waals surface area contributed by atoms with E-state index in [2.05, 4.69) is 0 Å². The zero-order chi connectivity index (χ0) is 9.69. The Balaban J connectivity index is 1.91. The van der Waals surface area contributed by atoms with Crippen molar-refractivity contribution in [3.8, 4) is 0 Å². The summed E-state index contributed by atoms with van der Waals surface area (Å²) in [4.78, 5) is 0. The molecule has 0 aliphatic heterocycles. The first-order chi connectivity index (χ1) is 5.97. The number of halogens is 2. The first-order valence-electron chi connectivity index (χ1n) is 5.03. The number of hydrogen-bond donors (Lipinski definition) is 1. The lowest BCUT2D eigenvalue weighted by atomic mass is 9.77. The van der Waals surface area contributed by atoms with Gasteiger partial charge in [0.15, 0.2) is 0 Å². The van der Waals surface area contributed by atoms with E-state index in [1.165, 1.54) is 0 Å². The highest BCUT2D eigenvalue weighted by molar-refractivity contribution is 5.11. The molecular formula is C10H16F2O. The van der Waals surface area contributed by atoms with E-state index in [4.69, 9.17) is 0 Å². The predicted octanol–water partition coefficient (Wildman–Crippen LogP) is 2.58. The van der Waals surface area contributed by atoms with Crippen LogP contribution in [0, 0.1) is 11.3 Å². The average Bonchev–Trinajstić information content (AvgIpc) is 2.53. The molecule has 0 aromatic rings. The average molecular weight is 190 g/mol. The zero-order valence-corrected chi connectivity index (χ0v) is 7.89. The van der Waals surface area contributed by atoms with Crippen LogP contribution in [-0.2, 0) is 0 Å². The summed E-state index contributed by atoms with van der Waals surface area (Å²) >= 11 is 0. The molecule has 1 atom stereocenters. The van der Waals surface area contributed by atoms with Gasteiger partial charge in [0.25, 0.3) is 5.92 Å². The number of rotatable bonds is 1. The Morgan fingerprint density at radius 2 is 1.77 bits per heavy atom. The third-order valence-corrected chi connectivity index (χ3v) is 3.88. The third kappa shape index (κ3) is 1.37. The fraction of sp³-hybridized carbons (Fsp3) is 1.00. The first-order valence-corrected chi connectivity index (χ1v) is 5.03. The summed E-state index contributed by atoms with van der Waals surface area (Å²) < 4.78 is 25.9. The van der Waals surface area contributed by atoms with Gasteiger partial charge in [0.05, 0.1) is 6.10 Å². The zero-order valence-electron chi connectivity index (χ0n) is 7.89. The quantitative estimate of drug-likeness (QED) is 0.673.